The fourth-order valence-corrected chi connectivity index (χ4v) is 2.48. The van der Waals surface area contributed by atoms with Crippen molar-refractivity contribution < 1.29 is 0 Å². The molecule has 0 fully saturated rings. The minimum absolute atomic E-state index is 0.701. The van der Waals surface area contributed by atoms with Gasteiger partial charge in [-0.25, -0.2) is 0 Å². The monoisotopic (exact) mass is 270 g/mol. The van der Waals surface area contributed by atoms with Crippen LogP contribution in [0.25, 0.3) is 0 Å². The maximum Gasteiger partial charge on any atom is -0.00639 e. The zero-order valence-corrected chi connectivity index (χ0v) is 13.9. The van der Waals surface area contributed by atoms with Crippen molar-refractivity contribution in [3.8, 4) is 0 Å². The third-order valence-corrected chi connectivity index (χ3v) is 3.87. The predicted octanol–water partition coefficient (Wildman–Crippen LogP) is 6.12. The second kappa shape index (κ2) is 8.79. The number of allylic oxidation sites excluding steroid dienone is 4. The molecule has 0 radical (unpaired) electrons. The second-order valence-electron chi connectivity index (χ2n) is 5.57. The normalized spacial score (nSPS) is 14.3. The molecule has 1 aromatic rings. The van der Waals surface area contributed by atoms with Gasteiger partial charge in [0.2, 0.25) is 0 Å². The molecule has 0 saturated carbocycles. The van der Waals surface area contributed by atoms with E-state index in [4.69, 9.17) is 0 Å². The van der Waals surface area contributed by atoms with E-state index >= 15 is 0 Å². The van der Waals surface area contributed by atoms with Crippen LogP contribution < -0.4 is 0 Å². The molecular formula is C20H30. The van der Waals surface area contributed by atoms with Crippen molar-refractivity contribution in [3.05, 3.63) is 58.7 Å². The van der Waals surface area contributed by atoms with Gasteiger partial charge >= 0.3 is 0 Å². The zero-order valence-electron chi connectivity index (χ0n) is 13.9. The zero-order chi connectivity index (χ0) is 15.0. The summed E-state index contributed by atoms with van der Waals surface area (Å²) in [6.07, 6.45) is 9.40. The van der Waals surface area contributed by atoms with Gasteiger partial charge in [0.25, 0.3) is 0 Å². The van der Waals surface area contributed by atoms with Gasteiger partial charge in [-0.2, -0.15) is 0 Å². The van der Waals surface area contributed by atoms with E-state index < -0.39 is 0 Å². The van der Waals surface area contributed by atoms with E-state index in [9.17, 15) is 0 Å². The maximum atomic E-state index is 2.34. The topological polar surface area (TPSA) is 0 Å². The van der Waals surface area contributed by atoms with E-state index in [-0.39, 0.29) is 0 Å². The average molecular weight is 270 g/mol. The lowest BCUT2D eigenvalue weighted by Crippen LogP contribution is -2.01. The van der Waals surface area contributed by atoms with Crippen LogP contribution in [0, 0.1) is 5.92 Å². The highest BCUT2D eigenvalue weighted by molar-refractivity contribution is 5.31. The summed E-state index contributed by atoms with van der Waals surface area (Å²) in [5.41, 5.74) is 6.04. The lowest BCUT2D eigenvalue weighted by atomic mass is 9.89. The van der Waals surface area contributed by atoms with Crippen molar-refractivity contribution in [1.82, 2.24) is 0 Å². The molecule has 110 valence electrons. The first-order valence-corrected chi connectivity index (χ1v) is 8.15. The van der Waals surface area contributed by atoms with Crippen LogP contribution in [0.2, 0.25) is 0 Å². The molecule has 0 spiro atoms. The van der Waals surface area contributed by atoms with Crippen LogP contribution in [0.3, 0.4) is 0 Å². The number of hydrogen-bond acceptors (Lipinski definition) is 0. The van der Waals surface area contributed by atoms with Crippen LogP contribution >= 0.6 is 0 Å². The van der Waals surface area contributed by atoms with Crippen LogP contribution in [0.15, 0.2) is 47.6 Å². The van der Waals surface area contributed by atoms with Crippen molar-refractivity contribution in [2.75, 3.05) is 0 Å². The molecule has 20 heavy (non-hydrogen) atoms. The molecule has 0 aliphatic heterocycles. The van der Waals surface area contributed by atoms with Gasteiger partial charge in [0.15, 0.2) is 0 Å². The van der Waals surface area contributed by atoms with E-state index in [1.165, 1.54) is 24.0 Å². The predicted molar refractivity (Wildman–Crippen MR) is 91.1 cm³/mol. The third-order valence-electron chi connectivity index (χ3n) is 3.87. The first-order chi connectivity index (χ1) is 9.69. The summed E-state index contributed by atoms with van der Waals surface area (Å²) in [7, 11) is 0. The molecule has 0 bridgehead atoms. The van der Waals surface area contributed by atoms with Crippen LogP contribution in [0.4, 0.5) is 0 Å². The Labute approximate surface area is 125 Å². The molecule has 0 nitrogen and oxygen atoms in total. The molecule has 0 heteroatoms. The van der Waals surface area contributed by atoms with Crippen LogP contribution in [-0.2, 0) is 12.8 Å². The molecule has 0 aromatic heterocycles. The summed E-state index contributed by atoms with van der Waals surface area (Å²) < 4.78 is 0. The minimum atomic E-state index is 0.701. The Morgan fingerprint density at radius 2 is 1.50 bits per heavy atom. The van der Waals surface area contributed by atoms with Gasteiger partial charge < -0.3 is 0 Å². The van der Waals surface area contributed by atoms with Crippen molar-refractivity contribution in [1.29, 1.82) is 0 Å². The highest BCUT2D eigenvalue weighted by Gasteiger charge is 2.09. The van der Waals surface area contributed by atoms with E-state index in [2.05, 4.69) is 57.2 Å². The molecule has 0 N–H and O–H groups in total. The van der Waals surface area contributed by atoms with E-state index in [1.807, 2.05) is 13.8 Å². The van der Waals surface area contributed by atoms with Crippen molar-refractivity contribution in [3.63, 3.8) is 0 Å². The summed E-state index contributed by atoms with van der Waals surface area (Å²) in [6.45, 7) is 10.8. The smallest absolute Gasteiger partial charge is 0.00639 e. The minimum Gasteiger partial charge on any atom is -0.0683 e. The maximum absolute atomic E-state index is 2.34. The highest BCUT2D eigenvalue weighted by atomic mass is 14.1. The first kappa shape index (κ1) is 16.8. The van der Waals surface area contributed by atoms with Gasteiger partial charge in [0.05, 0.1) is 0 Å². The molecule has 0 unspecified atom stereocenters. The molecule has 0 amide bonds. The van der Waals surface area contributed by atoms with Gasteiger partial charge in [-0.1, -0.05) is 82.2 Å². The molecule has 2 rings (SSSR count). The van der Waals surface area contributed by atoms with E-state index in [1.54, 1.807) is 11.1 Å². The molecule has 1 aromatic carbocycles. The molecular weight excluding hydrogens is 240 g/mol. The van der Waals surface area contributed by atoms with Crippen LogP contribution in [-0.4, -0.2) is 0 Å². The summed E-state index contributed by atoms with van der Waals surface area (Å²) in [4.78, 5) is 0. The van der Waals surface area contributed by atoms with Crippen molar-refractivity contribution in [2.45, 2.75) is 60.3 Å². The number of rotatable bonds is 4. The lowest BCUT2D eigenvalue weighted by molar-refractivity contribution is 0.695. The fourth-order valence-electron chi connectivity index (χ4n) is 2.48. The highest BCUT2D eigenvalue weighted by Crippen LogP contribution is 2.26. The van der Waals surface area contributed by atoms with Crippen molar-refractivity contribution >= 4 is 0 Å². The number of aryl methyl sites for hydroxylation is 1. The quantitative estimate of drug-likeness (QED) is 0.618. The molecule has 1 aliphatic carbocycles. The van der Waals surface area contributed by atoms with Crippen LogP contribution in [0.5, 0.6) is 0 Å². The van der Waals surface area contributed by atoms with Gasteiger partial charge in [0.1, 0.15) is 0 Å². The summed E-state index contributed by atoms with van der Waals surface area (Å²) in [5, 5.41) is 0. The Hall–Kier alpha value is -1.30. The number of benzene rings is 1. The molecule has 0 saturated heterocycles. The molecule has 0 heterocycles. The Kier molecular flexibility index (Phi) is 7.36. The van der Waals surface area contributed by atoms with Crippen LogP contribution in [0.1, 0.15) is 58.6 Å². The Morgan fingerprint density at radius 3 is 1.95 bits per heavy atom. The number of hydrogen-bond donors (Lipinski definition) is 0. The van der Waals surface area contributed by atoms with Gasteiger partial charge in [-0.15, -0.1) is 0 Å². The molecule has 1 aliphatic rings. The van der Waals surface area contributed by atoms with Gasteiger partial charge in [0, 0.05) is 0 Å². The fraction of sp³-hybridized carbons (Fsp3) is 0.500. The summed E-state index contributed by atoms with van der Waals surface area (Å²) >= 11 is 0. The standard InChI is InChI=1S/C18H24.C2H6/c1-4-15-5-7-16(8-6-15)13-17-9-11-18(12-10-17)14(2)3;1-2/h5-9,11,14H,4,10,12-13H2,1-3H3;1-2H3. The first-order valence-electron chi connectivity index (χ1n) is 8.15. The second-order valence-corrected chi connectivity index (χ2v) is 5.57. The third kappa shape index (κ3) is 5.00. The Balaban J connectivity index is 0.000000956. The van der Waals surface area contributed by atoms with E-state index in [0.717, 1.165) is 12.8 Å². The van der Waals surface area contributed by atoms with Crippen molar-refractivity contribution in [2.24, 2.45) is 5.92 Å². The van der Waals surface area contributed by atoms with Gasteiger partial charge in [-0.05, 0) is 42.7 Å². The molecule has 0 atom stereocenters. The Morgan fingerprint density at radius 1 is 0.900 bits per heavy atom. The van der Waals surface area contributed by atoms with Gasteiger partial charge in [-0.3, -0.25) is 0 Å². The lowest BCUT2D eigenvalue weighted by Gasteiger charge is -2.17. The average Bonchev–Trinajstić information content (AvgIpc) is 2.50. The largest absolute Gasteiger partial charge is 0.0683 e. The Bertz CT molecular complexity index is 443. The summed E-state index contributed by atoms with van der Waals surface area (Å²) in [5.74, 6) is 0.701. The van der Waals surface area contributed by atoms with E-state index in [0.29, 0.717) is 5.92 Å². The summed E-state index contributed by atoms with van der Waals surface area (Å²) in [6, 6.07) is 9.07. The SMILES string of the molecule is CC.CCc1ccc(CC2=CC=C(C(C)C)CC2)cc1.